The summed E-state index contributed by atoms with van der Waals surface area (Å²) in [6, 6.07) is 10.3. The molecule has 2 aromatic carbocycles. The second kappa shape index (κ2) is 6.29. The van der Waals surface area contributed by atoms with E-state index in [1.165, 1.54) is 0 Å². The van der Waals surface area contributed by atoms with Gasteiger partial charge in [-0.05, 0) is 52.7 Å². The van der Waals surface area contributed by atoms with Crippen LogP contribution in [0.25, 0.3) is 0 Å². The summed E-state index contributed by atoms with van der Waals surface area (Å²) in [5.41, 5.74) is 2.03. The lowest BCUT2D eigenvalue weighted by atomic mass is 10.2. The number of anilines is 2. The third-order valence-corrected chi connectivity index (χ3v) is 3.87. The number of carbonyl (C=O) groups is 2. The van der Waals surface area contributed by atoms with E-state index in [0.717, 1.165) is 5.56 Å². The van der Waals surface area contributed by atoms with Gasteiger partial charge in [-0.25, -0.2) is 0 Å². The smallest absolute Gasteiger partial charge is 0.314 e. The maximum atomic E-state index is 12.0. The standard InChI is InChI=1S/C16H13BrN2O4/c1-9-2-4-12(11(17)6-9)19-16(21)15(20)18-10-3-5-13-14(7-10)23-8-22-13/h2-7H,8H2,1H3,(H,18,20)(H,19,21). The molecule has 3 rings (SSSR count). The summed E-state index contributed by atoms with van der Waals surface area (Å²) in [5.74, 6) is -0.385. The minimum absolute atomic E-state index is 0.147. The van der Waals surface area contributed by atoms with Gasteiger partial charge in [-0.2, -0.15) is 0 Å². The number of hydrogen-bond donors (Lipinski definition) is 2. The molecule has 2 N–H and O–H groups in total. The number of nitrogens with one attached hydrogen (secondary N) is 2. The highest BCUT2D eigenvalue weighted by Gasteiger charge is 2.18. The predicted octanol–water partition coefficient (Wildman–Crippen LogP) is 3.06. The minimum atomic E-state index is -0.767. The van der Waals surface area contributed by atoms with Crippen LogP contribution in [-0.2, 0) is 9.59 Å². The number of benzene rings is 2. The van der Waals surface area contributed by atoms with Gasteiger partial charge in [0.2, 0.25) is 6.79 Å². The fraction of sp³-hybridized carbons (Fsp3) is 0.125. The van der Waals surface area contributed by atoms with Crippen LogP contribution in [0, 0.1) is 6.92 Å². The van der Waals surface area contributed by atoms with Gasteiger partial charge in [-0.3, -0.25) is 9.59 Å². The molecule has 0 bridgehead atoms. The van der Waals surface area contributed by atoms with Gasteiger partial charge in [0.25, 0.3) is 0 Å². The number of carbonyl (C=O) groups excluding carboxylic acids is 2. The van der Waals surface area contributed by atoms with Crippen LogP contribution in [-0.4, -0.2) is 18.6 Å². The fourth-order valence-electron chi connectivity index (χ4n) is 2.06. The average Bonchev–Trinajstić information content (AvgIpc) is 2.97. The number of halogens is 1. The normalized spacial score (nSPS) is 11.9. The second-order valence-corrected chi connectivity index (χ2v) is 5.81. The Bertz CT molecular complexity index is 792. The van der Waals surface area contributed by atoms with Gasteiger partial charge >= 0.3 is 11.8 Å². The van der Waals surface area contributed by atoms with E-state index in [1.54, 1.807) is 24.3 Å². The van der Waals surface area contributed by atoms with E-state index in [4.69, 9.17) is 9.47 Å². The summed E-state index contributed by atoms with van der Waals surface area (Å²) in [4.78, 5) is 24.0. The molecule has 2 aromatic rings. The number of ether oxygens (including phenoxy) is 2. The second-order valence-electron chi connectivity index (χ2n) is 4.96. The molecule has 0 saturated heterocycles. The Labute approximate surface area is 140 Å². The van der Waals surface area contributed by atoms with Gasteiger partial charge in [0, 0.05) is 16.2 Å². The van der Waals surface area contributed by atoms with Crippen molar-refractivity contribution in [3.05, 3.63) is 46.4 Å². The van der Waals surface area contributed by atoms with Gasteiger partial charge in [0.1, 0.15) is 0 Å². The zero-order valence-corrected chi connectivity index (χ0v) is 13.8. The maximum Gasteiger partial charge on any atom is 0.314 e. The van der Waals surface area contributed by atoms with E-state index in [-0.39, 0.29) is 6.79 Å². The highest BCUT2D eigenvalue weighted by atomic mass is 79.9. The quantitative estimate of drug-likeness (QED) is 0.789. The largest absolute Gasteiger partial charge is 0.454 e. The summed E-state index contributed by atoms with van der Waals surface area (Å²) in [5, 5.41) is 5.08. The number of hydrogen-bond acceptors (Lipinski definition) is 4. The predicted molar refractivity (Wildman–Crippen MR) is 88.7 cm³/mol. The van der Waals surface area contributed by atoms with Crippen LogP contribution in [0.5, 0.6) is 11.5 Å². The molecule has 23 heavy (non-hydrogen) atoms. The molecular weight excluding hydrogens is 364 g/mol. The molecule has 1 aliphatic heterocycles. The Kier molecular flexibility index (Phi) is 4.20. The molecule has 0 atom stereocenters. The fourth-order valence-corrected chi connectivity index (χ4v) is 2.66. The van der Waals surface area contributed by atoms with Gasteiger partial charge in [-0.1, -0.05) is 6.07 Å². The monoisotopic (exact) mass is 376 g/mol. The summed E-state index contributed by atoms with van der Waals surface area (Å²) in [6.07, 6.45) is 0. The van der Waals surface area contributed by atoms with Crippen LogP contribution in [0.1, 0.15) is 5.56 Å². The highest BCUT2D eigenvalue weighted by Crippen LogP contribution is 2.34. The van der Waals surface area contributed by atoms with Crippen molar-refractivity contribution in [2.75, 3.05) is 17.4 Å². The summed E-state index contributed by atoms with van der Waals surface area (Å²) >= 11 is 3.35. The first-order chi connectivity index (χ1) is 11.0. The van der Waals surface area contributed by atoms with Crippen LogP contribution in [0.4, 0.5) is 11.4 Å². The first kappa shape index (κ1) is 15.4. The highest BCUT2D eigenvalue weighted by molar-refractivity contribution is 9.10. The third-order valence-electron chi connectivity index (χ3n) is 3.21. The van der Waals surface area contributed by atoms with Crippen molar-refractivity contribution in [3.8, 4) is 11.5 Å². The van der Waals surface area contributed by atoms with Crippen LogP contribution in [0.15, 0.2) is 40.9 Å². The molecule has 0 fully saturated rings. The maximum absolute atomic E-state index is 12.0. The van der Waals surface area contributed by atoms with E-state index in [1.807, 2.05) is 19.1 Å². The molecule has 0 unspecified atom stereocenters. The summed E-state index contributed by atoms with van der Waals surface area (Å²) < 4.78 is 11.1. The van der Waals surface area contributed by atoms with E-state index in [9.17, 15) is 9.59 Å². The van der Waals surface area contributed by atoms with Crippen molar-refractivity contribution in [2.24, 2.45) is 0 Å². The Morgan fingerprint density at radius 2 is 1.74 bits per heavy atom. The van der Waals surface area contributed by atoms with E-state index in [0.29, 0.717) is 27.3 Å². The molecular formula is C16H13BrN2O4. The van der Waals surface area contributed by atoms with E-state index < -0.39 is 11.8 Å². The van der Waals surface area contributed by atoms with Gasteiger partial charge in [-0.15, -0.1) is 0 Å². The Morgan fingerprint density at radius 1 is 1.00 bits per heavy atom. The molecule has 1 heterocycles. The molecule has 1 aliphatic rings. The summed E-state index contributed by atoms with van der Waals surface area (Å²) in [6.45, 7) is 2.08. The molecule has 0 aromatic heterocycles. The Hall–Kier alpha value is -2.54. The number of fused-ring (bicyclic) bond motifs is 1. The minimum Gasteiger partial charge on any atom is -0.454 e. The van der Waals surface area contributed by atoms with Crippen LogP contribution >= 0.6 is 15.9 Å². The van der Waals surface area contributed by atoms with Crippen molar-refractivity contribution < 1.29 is 19.1 Å². The van der Waals surface area contributed by atoms with Crippen LogP contribution < -0.4 is 20.1 Å². The zero-order chi connectivity index (χ0) is 16.4. The summed E-state index contributed by atoms with van der Waals surface area (Å²) in [7, 11) is 0. The average molecular weight is 377 g/mol. The lowest BCUT2D eigenvalue weighted by molar-refractivity contribution is -0.133. The first-order valence-electron chi connectivity index (χ1n) is 6.81. The third kappa shape index (κ3) is 3.45. The number of rotatable bonds is 2. The van der Waals surface area contributed by atoms with Crippen molar-refractivity contribution in [2.45, 2.75) is 6.92 Å². The lowest BCUT2D eigenvalue weighted by Crippen LogP contribution is -2.29. The SMILES string of the molecule is Cc1ccc(NC(=O)C(=O)Nc2ccc3c(c2)OCO3)c(Br)c1. The van der Waals surface area contributed by atoms with Crippen molar-refractivity contribution in [1.82, 2.24) is 0 Å². The van der Waals surface area contributed by atoms with E-state index in [2.05, 4.69) is 26.6 Å². The Morgan fingerprint density at radius 3 is 2.52 bits per heavy atom. The molecule has 6 nitrogen and oxygen atoms in total. The zero-order valence-electron chi connectivity index (χ0n) is 12.2. The number of aryl methyl sites for hydroxylation is 1. The number of amides is 2. The molecule has 2 amide bonds. The van der Waals surface area contributed by atoms with Crippen LogP contribution in [0.3, 0.4) is 0 Å². The molecule has 0 spiro atoms. The van der Waals surface area contributed by atoms with Crippen molar-refractivity contribution in [3.63, 3.8) is 0 Å². The van der Waals surface area contributed by atoms with Gasteiger partial charge in [0.15, 0.2) is 11.5 Å². The molecule has 7 heteroatoms. The van der Waals surface area contributed by atoms with E-state index >= 15 is 0 Å². The van der Waals surface area contributed by atoms with Crippen molar-refractivity contribution >= 4 is 39.1 Å². The van der Waals surface area contributed by atoms with Crippen LogP contribution in [0.2, 0.25) is 0 Å². The van der Waals surface area contributed by atoms with Gasteiger partial charge < -0.3 is 20.1 Å². The molecule has 0 aliphatic carbocycles. The van der Waals surface area contributed by atoms with Crippen molar-refractivity contribution in [1.29, 1.82) is 0 Å². The molecule has 0 saturated carbocycles. The Balaban J connectivity index is 1.67. The topological polar surface area (TPSA) is 76.7 Å². The lowest BCUT2D eigenvalue weighted by Gasteiger charge is -2.09. The first-order valence-corrected chi connectivity index (χ1v) is 7.60. The molecule has 118 valence electrons. The van der Waals surface area contributed by atoms with Gasteiger partial charge in [0.05, 0.1) is 5.69 Å². The molecule has 0 radical (unpaired) electrons.